The third-order valence-electron chi connectivity index (χ3n) is 8.97. The lowest BCUT2D eigenvalue weighted by molar-refractivity contribution is -0.148. The molecule has 4 fully saturated rings. The van der Waals surface area contributed by atoms with Crippen LogP contribution in [-0.4, -0.2) is 36.0 Å². The first-order valence-corrected chi connectivity index (χ1v) is 13.3. The third-order valence-corrected chi connectivity index (χ3v) is 8.97. The van der Waals surface area contributed by atoms with Crippen LogP contribution in [-0.2, 0) is 4.79 Å². The number of rotatable bonds is 6. The van der Waals surface area contributed by atoms with E-state index in [1.54, 1.807) is 0 Å². The molecule has 0 unspecified atom stereocenters. The molecule has 0 aromatic heterocycles. The molecule has 4 aliphatic rings. The number of likely N-dealkylation sites (tertiary alicyclic amines) is 1. The van der Waals surface area contributed by atoms with Crippen molar-refractivity contribution in [1.82, 2.24) is 10.2 Å². The second-order valence-corrected chi connectivity index (χ2v) is 10.8. The maximum absolute atomic E-state index is 14.3. The van der Waals surface area contributed by atoms with E-state index in [-0.39, 0.29) is 5.54 Å². The van der Waals surface area contributed by atoms with Crippen LogP contribution in [0.1, 0.15) is 116 Å². The highest BCUT2D eigenvalue weighted by molar-refractivity contribution is 5.87. The van der Waals surface area contributed by atoms with E-state index in [1.807, 2.05) is 0 Å². The van der Waals surface area contributed by atoms with E-state index in [1.165, 1.54) is 116 Å². The Morgan fingerprint density at radius 1 is 0.655 bits per heavy atom. The van der Waals surface area contributed by atoms with E-state index in [4.69, 9.17) is 0 Å². The summed E-state index contributed by atoms with van der Waals surface area (Å²) in [6, 6.07) is 0. The Balaban J connectivity index is 1.59. The normalized spacial score (nSPS) is 27.0. The quantitative estimate of drug-likeness (QED) is 0.585. The van der Waals surface area contributed by atoms with Crippen molar-refractivity contribution in [3.05, 3.63) is 0 Å². The molecule has 0 atom stereocenters. The van der Waals surface area contributed by atoms with Crippen LogP contribution in [0.4, 0.5) is 0 Å². The molecule has 1 aliphatic heterocycles. The van der Waals surface area contributed by atoms with Gasteiger partial charge in [-0.05, 0) is 82.2 Å². The Labute approximate surface area is 179 Å². The van der Waals surface area contributed by atoms with Gasteiger partial charge in [-0.1, -0.05) is 64.2 Å². The van der Waals surface area contributed by atoms with Gasteiger partial charge >= 0.3 is 0 Å². The molecule has 29 heavy (non-hydrogen) atoms. The SMILES string of the molecule is O=C(NCC1CCCCC1)C(C1CCCCC1)(C1CCCCC1)N1CCCCC1. The molecule has 0 bridgehead atoms. The first-order valence-electron chi connectivity index (χ1n) is 13.3. The van der Waals surface area contributed by atoms with Gasteiger partial charge in [-0.3, -0.25) is 9.69 Å². The van der Waals surface area contributed by atoms with Crippen molar-refractivity contribution in [2.75, 3.05) is 19.6 Å². The van der Waals surface area contributed by atoms with Crippen molar-refractivity contribution in [2.45, 2.75) is 121 Å². The minimum absolute atomic E-state index is 0.198. The fraction of sp³-hybridized carbons (Fsp3) is 0.962. The van der Waals surface area contributed by atoms with Crippen LogP contribution < -0.4 is 5.32 Å². The molecular formula is C26H46N2O. The van der Waals surface area contributed by atoms with E-state index in [0.717, 1.165) is 25.6 Å². The lowest BCUT2D eigenvalue weighted by atomic mass is 9.62. The van der Waals surface area contributed by atoms with Gasteiger partial charge in [0.15, 0.2) is 0 Å². The van der Waals surface area contributed by atoms with Crippen molar-refractivity contribution >= 4 is 5.91 Å². The molecule has 0 spiro atoms. The van der Waals surface area contributed by atoms with Gasteiger partial charge in [0.2, 0.25) is 5.91 Å². The maximum atomic E-state index is 14.3. The first kappa shape index (κ1) is 21.7. The molecule has 3 aliphatic carbocycles. The molecule has 3 saturated carbocycles. The third kappa shape index (κ3) is 4.86. The van der Waals surface area contributed by atoms with E-state index in [9.17, 15) is 4.79 Å². The van der Waals surface area contributed by atoms with Gasteiger partial charge in [0.25, 0.3) is 0 Å². The highest BCUT2D eigenvalue weighted by Gasteiger charge is 2.55. The standard InChI is InChI=1S/C26H46N2O/c29-25(27-21-22-13-5-1-6-14-22)26(23-15-7-2-8-16-23,24-17-9-3-10-18-24)28-19-11-4-12-20-28/h22-24H,1-21H2,(H,27,29). The van der Waals surface area contributed by atoms with E-state index >= 15 is 0 Å². The Bertz CT molecular complexity index is 449. The summed E-state index contributed by atoms with van der Waals surface area (Å²) in [5.41, 5.74) is -0.198. The van der Waals surface area contributed by atoms with Crippen molar-refractivity contribution in [3.8, 4) is 0 Å². The number of nitrogens with one attached hydrogen (secondary N) is 1. The highest BCUT2D eigenvalue weighted by atomic mass is 16.2. The Morgan fingerprint density at radius 2 is 1.10 bits per heavy atom. The molecule has 0 aromatic rings. The summed E-state index contributed by atoms with van der Waals surface area (Å²) < 4.78 is 0. The molecule has 1 saturated heterocycles. The molecule has 3 heteroatoms. The molecule has 3 nitrogen and oxygen atoms in total. The fourth-order valence-electron chi connectivity index (χ4n) is 7.48. The van der Waals surface area contributed by atoms with Gasteiger partial charge in [-0.2, -0.15) is 0 Å². The minimum atomic E-state index is -0.198. The van der Waals surface area contributed by atoms with Gasteiger partial charge in [-0.15, -0.1) is 0 Å². The highest BCUT2D eigenvalue weighted by Crippen LogP contribution is 2.47. The van der Waals surface area contributed by atoms with Crippen molar-refractivity contribution in [2.24, 2.45) is 17.8 Å². The molecule has 4 rings (SSSR count). The van der Waals surface area contributed by atoms with Crippen molar-refractivity contribution < 1.29 is 4.79 Å². The van der Waals surface area contributed by atoms with Crippen LogP contribution in [0.2, 0.25) is 0 Å². The number of hydrogen-bond donors (Lipinski definition) is 1. The lowest BCUT2D eigenvalue weighted by Gasteiger charge is -2.55. The largest absolute Gasteiger partial charge is 0.354 e. The van der Waals surface area contributed by atoms with Crippen LogP contribution in [0.3, 0.4) is 0 Å². The van der Waals surface area contributed by atoms with Gasteiger partial charge in [0, 0.05) is 6.54 Å². The summed E-state index contributed by atoms with van der Waals surface area (Å²) in [4.78, 5) is 17.0. The summed E-state index contributed by atoms with van der Waals surface area (Å²) in [6.07, 6.45) is 23.9. The Kier molecular flexibility index (Phi) is 7.95. The summed E-state index contributed by atoms with van der Waals surface area (Å²) >= 11 is 0. The van der Waals surface area contributed by atoms with Crippen molar-refractivity contribution in [3.63, 3.8) is 0 Å². The predicted molar refractivity (Wildman–Crippen MR) is 121 cm³/mol. The van der Waals surface area contributed by atoms with Crippen LogP contribution in [0.5, 0.6) is 0 Å². The molecule has 0 aromatic carbocycles. The zero-order valence-corrected chi connectivity index (χ0v) is 18.9. The monoisotopic (exact) mass is 402 g/mol. The maximum Gasteiger partial charge on any atom is 0.241 e. The summed E-state index contributed by atoms with van der Waals surface area (Å²) in [6.45, 7) is 3.25. The first-order chi connectivity index (χ1) is 14.3. The molecule has 1 N–H and O–H groups in total. The molecule has 1 heterocycles. The number of carbonyl (C=O) groups is 1. The van der Waals surface area contributed by atoms with Crippen LogP contribution in [0, 0.1) is 17.8 Å². The zero-order valence-electron chi connectivity index (χ0n) is 18.9. The second-order valence-electron chi connectivity index (χ2n) is 10.8. The minimum Gasteiger partial charge on any atom is -0.354 e. The van der Waals surface area contributed by atoms with Gasteiger partial charge in [-0.25, -0.2) is 0 Å². The van der Waals surface area contributed by atoms with Gasteiger partial charge in [0.05, 0.1) is 0 Å². The van der Waals surface area contributed by atoms with Crippen LogP contribution in [0.25, 0.3) is 0 Å². The molecule has 0 radical (unpaired) electrons. The summed E-state index contributed by atoms with van der Waals surface area (Å²) in [5, 5.41) is 3.60. The Hall–Kier alpha value is -0.570. The fourth-order valence-corrected chi connectivity index (χ4v) is 7.48. The molecule has 1 amide bonds. The Morgan fingerprint density at radius 3 is 1.62 bits per heavy atom. The van der Waals surface area contributed by atoms with E-state index in [0.29, 0.717) is 17.7 Å². The number of carbonyl (C=O) groups excluding carboxylic acids is 1. The van der Waals surface area contributed by atoms with Crippen LogP contribution in [0.15, 0.2) is 0 Å². The van der Waals surface area contributed by atoms with E-state index < -0.39 is 0 Å². The summed E-state index contributed by atoms with van der Waals surface area (Å²) in [5.74, 6) is 2.35. The number of amides is 1. The summed E-state index contributed by atoms with van der Waals surface area (Å²) in [7, 11) is 0. The number of piperidine rings is 1. The number of hydrogen-bond acceptors (Lipinski definition) is 2. The zero-order chi connectivity index (χ0) is 19.9. The van der Waals surface area contributed by atoms with Crippen molar-refractivity contribution in [1.29, 1.82) is 0 Å². The average Bonchev–Trinajstić information content (AvgIpc) is 2.81. The van der Waals surface area contributed by atoms with Gasteiger partial charge in [0.1, 0.15) is 5.54 Å². The van der Waals surface area contributed by atoms with Crippen LogP contribution >= 0.6 is 0 Å². The predicted octanol–water partition coefficient (Wildman–Crippen LogP) is 6.07. The molecular weight excluding hydrogens is 356 g/mol. The number of nitrogens with zero attached hydrogens (tertiary/aromatic N) is 1. The smallest absolute Gasteiger partial charge is 0.241 e. The lowest BCUT2D eigenvalue weighted by Crippen LogP contribution is -2.68. The second kappa shape index (κ2) is 10.6. The van der Waals surface area contributed by atoms with E-state index in [2.05, 4.69) is 10.2 Å². The van der Waals surface area contributed by atoms with Gasteiger partial charge < -0.3 is 5.32 Å². The average molecular weight is 403 g/mol. The molecule has 166 valence electrons. The topological polar surface area (TPSA) is 32.3 Å².